The summed E-state index contributed by atoms with van der Waals surface area (Å²) in [4.78, 5) is 47.5. The quantitative estimate of drug-likeness (QED) is 0.117. The van der Waals surface area contributed by atoms with Gasteiger partial charge in [-0.25, -0.2) is 9.36 Å². The van der Waals surface area contributed by atoms with Crippen molar-refractivity contribution in [1.29, 1.82) is 0 Å². The lowest BCUT2D eigenvalue weighted by atomic mass is 10.2. The first-order valence-corrected chi connectivity index (χ1v) is 7.24. The van der Waals surface area contributed by atoms with Gasteiger partial charge in [0.25, 0.3) is 0 Å². The van der Waals surface area contributed by atoms with Crippen LogP contribution in [0, 0.1) is 18.8 Å². The van der Waals surface area contributed by atoms with Crippen LogP contribution in [0.15, 0.2) is 29.6 Å². The highest BCUT2D eigenvalue weighted by Crippen LogP contribution is 1.99. The van der Waals surface area contributed by atoms with Crippen LogP contribution < -0.4 is 20.7 Å². The maximum Gasteiger partial charge on any atom is 0.351 e. The molecule has 0 aliphatic carbocycles. The van der Waals surface area contributed by atoms with Gasteiger partial charge in [-0.1, -0.05) is 35.4 Å². The third kappa shape index (κ3) is 45.6. The molecule has 1 aromatic rings. The lowest BCUT2D eigenvalue weighted by molar-refractivity contribution is -0.692. The van der Waals surface area contributed by atoms with E-state index in [0.29, 0.717) is 0 Å². The Morgan fingerprint density at radius 2 is 1.28 bits per heavy atom. The molecule has 0 fully saturated rings. The van der Waals surface area contributed by atoms with Crippen LogP contribution in [0.25, 0.3) is 0 Å². The van der Waals surface area contributed by atoms with Gasteiger partial charge in [0.1, 0.15) is 5.34 Å². The van der Waals surface area contributed by atoms with Crippen LogP contribution in [0.5, 0.6) is 0 Å². The molecular weight excluding hydrogens is 425 g/mol. The maximum atomic E-state index is 9.39. The van der Waals surface area contributed by atoms with E-state index in [1.165, 1.54) is 16.5 Å². The van der Waals surface area contributed by atoms with Crippen LogP contribution in [-0.2, 0) is 33.4 Å². The number of carbonyl (C=O) groups is 4. The Hall–Kier alpha value is -3.52. The van der Waals surface area contributed by atoms with Crippen molar-refractivity contribution in [2.75, 3.05) is 0 Å². The number of hydrogen-bond acceptors (Lipinski definition) is 13. The highest BCUT2D eigenvalue weighted by atomic mass is 31.1. The third-order valence-corrected chi connectivity index (χ3v) is 1.81. The molecule has 0 saturated heterocycles. The molecule has 0 aromatic heterocycles. The van der Waals surface area contributed by atoms with Crippen LogP contribution in [0.3, 0.4) is 0 Å². The van der Waals surface area contributed by atoms with Crippen molar-refractivity contribution in [3.63, 3.8) is 0 Å². The van der Waals surface area contributed by atoms with Gasteiger partial charge >= 0.3 is 20.6 Å². The fraction of sp³-hybridized carbons (Fsp3) is 0.231. The molecule has 0 aliphatic rings. The molecule has 0 heterocycles. The highest BCUT2D eigenvalue weighted by molar-refractivity contribution is 7.17. The van der Waals surface area contributed by atoms with Gasteiger partial charge in [-0.2, -0.15) is 0 Å². The minimum absolute atomic E-state index is 0.807. The average molecular weight is 439 g/mol. The standard InChI is InChI=1S/C8H10.C3H4O4.C2H2O4.HNO3.HO3P/c1-7-3-5-8(2)6-4-7;4-2(5)1-3(6)7;3-1(4)2(5)6;2-1-4-3;1-3-4-2/h3-6H,1-2H3;1H2,(H,4,5)(H,6,7);(H,3,4)(H,5,6);3H;1H/p-4. The summed E-state index contributed by atoms with van der Waals surface area (Å²) < 4.78 is 11.4. The fourth-order valence-corrected chi connectivity index (χ4v) is 0.760. The zero-order valence-corrected chi connectivity index (χ0v) is 15.6. The van der Waals surface area contributed by atoms with Crippen molar-refractivity contribution in [3.8, 4) is 0 Å². The van der Waals surface area contributed by atoms with Crippen LogP contribution in [0.2, 0.25) is 0 Å². The fourth-order valence-electron chi connectivity index (χ4n) is 0.760. The third-order valence-electron chi connectivity index (χ3n) is 1.75. The molecule has 15 nitrogen and oxygen atoms in total. The van der Waals surface area contributed by atoms with Gasteiger partial charge in [0.05, 0.1) is 12.4 Å². The Morgan fingerprint density at radius 3 is 1.34 bits per heavy atom. The molecule has 0 aliphatic heterocycles. The molecule has 0 amide bonds. The number of hydrogen-bond donors (Lipinski definition) is 2. The maximum absolute atomic E-state index is 9.39. The Kier molecular flexibility index (Phi) is 27.9. The number of carboxylic acid groups (broad SMARTS) is 4. The van der Waals surface area contributed by atoms with E-state index in [4.69, 9.17) is 44.9 Å². The van der Waals surface area contributed by atoms with Crippen LogP contribution in [0.1, 0.15) is 17.5 Å². The molecule has 1 aromatic carbocycles. The first-order chi connectivity index (χ1) is 13.4. The molecular formula is C13H14NO14P-4. The van der Waals surface area contributed by atoms with Crippen LogP contribution in [-0.4, -0.2) is 34.1 Å². The Morgan fingerprint density at radius 1 is 1.00 bits per heavy atom. The van der Waals surface area contributed by atoms with Gasteiger partial charge in [0.2, 0.25) is 0 Å². The molecule has 2 N–H and O–H groups in total. The molecule has 0 saturated carbocycles. The lowest BCUT2D eigenvalue weighted by Gasteiger charge is -1.91. The summed E-state index contributed by atoms with van der Waals surface area (Å²) in [7, 11) is -0.807. The van der Waals surface area contributed by atoms with Gasteiger partial charge < -0.3 is 50.2 Å². The number of carbonyl (C=O) groups excluding carboxylic acids is 2. The molecule has 0 atom stereocenters. The van der Waals surface area contributed by atoms with Gasteiger partial charge in [-0.3, -0.25) is 4.79 Å². The first kappa shape index (κ1) is 33.1. The number of aliphatic carboxylic acids is 4. The SMILES string of the molecule is Cc1ccc(C)cc1.O=C([O-])C(=O)O.O=C([O-])CC(=O)O.O=NO[O-].O=PO[O-]. The molecule has 16 heteroatoms. The van der Waals surface area contributed by atoms with E-state index < -0.39 is 39.0 Å². The number of rotatable bonds is 4. The zero-order valence-electron chi connectivity index (χ0n) is 14.7. The second kappa shape index (κ2) is 24.5. The molecule has 1 rings (SSSR count). The van der Waals surface area contributed by atoms with Crippen molar-refractivity contribution >= 4 is 32.6 Å². The zero-order chi connectivity index (χ0) is 23.8. The Bertz CT molecular complexity index is 565. The van der Waals surface area contributed by atoms with Crippen LogP contribution in [0.4, 0.5) is 0 Å². The van der Waals surface area contributed by atoms with E-state index in [9.17, 15) is 14.7 Å². The van der Waals surface area contributed by atoms with Crippen molar-refractivity contribution in [2.45, 2.75) is 20.3 Å². The van der Waals surface area contributed by atoms with E-state index in [0.717, 1.165) is 0 Å². The second-order valence-corrected chi connectivity index (χ2v) is 4.29. The lowest BCUT2D eigenvalue weighted by Crippen LogP contribution is -2.30. The van der Waals surface area contributed by atoms with E-state index in [2.05, 4.69) is 47.8 Å². The number of aryl methyl sites for hydroxylation is 2. The average Bonchev–Trinajstić information content (AvgIpc) is 2.64. The molecule has 29 heavy (non-hydrogen) atoms. The summed E-state index contributed by atoms with van der Waals surface area (Å²) in [5, 5.41) is 51.5. The van der Waals surface area contributed by atoms with E-state index >= 15 is 0 Å². The first-order valence-electron chi connectivity index (χ1n) is 6.51. The minimum Gasteiger partial charge on any atom is -0.712 e. The van der Waals surface area contributed by atoms with Crippen molar-refractivity contribution in [1.82, 2.24) is 0 Å². The van der Waals surface area contributed by atoms with E-state index in [1.54, 1.807) is 0 Å². The summed E-state index contributed by atoms with van der Waals surface area (Å²) in [5.41, 5.74) is 2.66. The predicted molar refractivity (Wildman–Crippen MR) is 81.4 cm³/mol. The minimum atomic E-state index is -2.07. The van der Waals surface area contributed by atoms with Crippen molar-refractivity contribution in [3.05, 3.63) is 40.3 Å². The topological polar surface area (TPSA) is 266 Å². The molecule has 0 spiro atoms. The van der Waals surface area contributed by atoms with E-state index in [1.807, 2.05) is 0 Å². The monoisotopic (exact) mass is 439 g/mol. The van der Waals surface area contributed by atoms with Gasteiger partial charge in [-0.15, -0.1) is 4.91 Å². The smallest absolute Gasteiger partial charge is 0.351 e. The normalized spacial score (nSPS) is 7.86. The van der Waals surface area contributed by atoms with Gasteiger partial charge in [0, 0.05) is 0 Å². The predicted octanol–water partition coefficient (Wildman–Crippen LogP) is -3.22. The molecule has 164 valence electrons. The summed E-state index contributed by atoms with van der Waals surface area (Å²) in [6, 6.07) is 8.48. The van der Waals surface area contributed by atoms with Crippen LogP contribution >= 0.6 is 8.69 Å². The largest absolute Gasteiger partial charge is 0.712 e. The Labute approximate surface area is 163 Å². The number of carboxylic acids is 4. The molecule has 0 unspecified atom stereocenters. The van der Waals surface area contributed by atoms with Crippen molar-refractivity contribution in [2.24, 2.45) is 5.34 Å². The van der Waals surface area contributed by atoms with Gasteiger partial charge in [-0.05, 0) is 13.8 Å². The highest BCUT2D eigenvalue weighted by Gasteiger charge is 1.92. The van der Waals surface area contributed by atoms with E-state index in [-0.39, 0.29) is 0 Å². The summed E-state index contributed by atoms with van der Waals surface area (Å²) in [6.07, 6.45) is -0.917. The molecule has 0 bridgehead atoms. The molecule has 0 radical (unpaired) electrons. The second-order valence-electron chi connectivity index (χ2n) is 3.99. The van der Waals surface area contributed by atoms with Crippen molar-refractivity contribution < 1.29 is 64.3 Å². The summed E-state index contributed by atoms with van der Waals surface area (Å²) >= 11 is 0. The number of nitrogens with zero attached hydrogens (tertiary/aromatic N) is 1. The van der Waals surface area contributed by atoms with Gasteiger partial charge in [0.15, 0.2) is 5.97 Å². The number of benzene rings is 1. The Balaban J connectivity index is -0.000000139. The summed E-state index contributed by atoms with van der Waals surface area (Å²) in [6.45, 7) is 4.19. The summed E-state index contributed by atoms with van der Waals surface area (Å²) in [5.74, 6) is -6.95.